The second kappa shape index (κ2) is 75.9. The molecule has 0 aromatic heterocycles. The minimum Gasteiger partial charge on any atom is -0.462 e. The highest BCUT2D eigenvalue weighted by atomic mass is 31.2. The minimum atomic E-state index is -4.96. The zero-order valence-electron chi connectivity index (χ0n) is 66.8. The van der Waals surface area contributed by atoms with Crippen molar-refractivity contribution >= 4 is 39.5 Å². The van der Waals surface area contributed by atoms with Crippen LogP contribution in [-0.2, 0) is 65.4 Å². The third kappa shape index (κ3) is 74.9. The number of ether oxygens (including phenoxy) is 4. The molecule has 0 rings (SSSR count). The molecule has 606 valence electrons. The molecule has 0 aliphatic heterocycles. The summed E-state index contributed by atoms with van der Waals surface area (Å²) >= 11 is 0. The number of hydrogen-bond acceptors (Lipinski definition) is 15. The van der Waals surface area contributed by atoms with Gasteiger partial charge in [0.2, 0.25) is 0 Å². The van der Waals surface area contributed by atoms with Gasteiger partial charge in [0.1, 0.15) is 19.3 Å². The van der Waals surface area contributed by atoms with E-state index in [-0.39, 0.29) is 25.7 Å². The number of unbranched alkanes of at least 4 members (excludes halogenated alkanes) is 54. The Hall–Kier alpha value is -1.94. The van der Waals surface area contributed by atoms with Gasteiger partial charge in [0.25, 0.3) is 0 Å². The molecule has 0 fully saturated rings. The average Bonchev–Trinajstić information content (AvgIpc) is 0.914. The van der Waals surface area contributed by atoms with E-state index in [9.17, 15) is 43.2 Å². The maximum Gasteiger partial charge on any atom is 0.472 e. The third-order valence-electron chi connectivity index (χ3n) is 19.9. The topological polar surface area (TPSA) is 237 Å². The lowest BCUT2D eigenvalue weighted by molar-refractivity contribution is -0.161. The summed E-state index contributed by atoms with van der Waals surface area (Å²) in [5, 5.41) is 10.6. The average molecular weight is 1490 g/mol. The summed E-state index contributed by atoms with van der Waals surface area (Å²) in [7, 11) is -9.92. The van der Waals surface area contributed by atoms with Crippen molar-refractivity contribution in [1.82, 2.24) is 0 Å². The van der Waals surface area contributed by atoms with E-state index < -0.39 is 97.5 Å². The predicted molar refractivity (Wildman–Crippen MR) is 418 cm³/mol. The standard InChI is InChI=1S/C83H162O17P2/c1-6-10-13-16-19-22-24-26-28-30-32-33-35-37-39-41-43-48-53-58-63-68-82(87)100-79(73-94-81(86)67-62-57-52-47-42-40-38-36-34-31-29-27-25-23-20-17-14-11-7-2)75-98-102(91,92)96-71-77(84)70-95-101(89,90)97-74-78(72-93-80(85)66-61-56-51-21-18-15-12-8-3)99-83(88)69-64-59-54-49-45-44-46-50-55-60-65-76(5)9-4/h76-79,84H,6-75H2,1-5H3,(H,89,90)(H,91,92)/t76?,77-,78+,79+/m0/s1. The zero-order chi connectivity index (χ0) is 74.8. The van der Waals surface area contributed by atoms with Gasteiger partial charge >= 0.3 is 39.5 Å². The molecule has 0 aliphatic rings. The molecule has 0 aromatic rings. The highest BCUT2D eigenvalue weighted by Crippen LogP contribution is 2.45. The second-order valence-electron chi connectivity index (χ2n) is 30.1. The van der Waals surface area contributed by atoms with Gasteiger partial charge in [0.05, 0.1) is 26.4 Å². The Bertz CT molecular complexity index is 1950. The van der Waals surface area contributed by atoms with E-state index in [4.69, 9.17) is 37.0 Å². The van der Waals surface area contributed by atoms with Gasteiger partial charge in [0.15, 0.2) is 12.2 Å². The lowest BCUT2D eigenvalue weighted by Gasteiger charge is -2.21. The third-order valence-corrected chi connectivity index (χ3v) is 21.8. The fraction of sp³-hybridized carbons (Fsp3) is 0.952. The van der Waals surface area contributed by atoms with Crippen LogP contribution in [0, 0.1) is 5.92 Å². The summed E-state index contributed by atoms with van der Waals surface area (Å²) < 4.78 is 68.7. The fourth-order valence-electron chi connectivity index (χ4n) is 12.9. The zero-order valence-corrected chi connectivity index (χ0v) is 68.5. The first-order valence-electron chi connectivity index (χ1n) is 43.2. The Morgan fingerprint density at radius 1 is 0.275 bits per heavy atom. The van der Waals surface area contributed by atoms with Crippen LogP contribution in [0.25, 0.3) is 0 Å². The van der Waals surface area contributed by atoms with Crippen molar-refractivity contribution in [3.63, 3.8) is 0 Å². The highest BCUT2D eigenvalue weighted by molar-refractivity contribution is 7.47. The lowest BCUT2D eigenvalue weighted by atomic mass is 9.99. The summed E-state index contributed by atoms with van der Waals surface area (Å²) in [5.41, 5.74) is 0. The fourth-order valence-corrected chi connectivity index (χ4v) is 14.5. The number of phosphoric ester groups is 2. The van der Waals surface area contributed by atoms with Gasteiger partial charge in [-0.05, 0) is 31.6 Å². The minimum absolute atomic E-state index is 0.107. The van der Waals surface area contributed by atoms with Crippen LogP contribution in [0.1, 0.15) is 446 Å². The lowest BCUT2D eigenvalue weighted by Crippen LogP contribution is -2.30. The Labute approximate surface area is 626 Å². The molecule has 17 nitrogen and oxygen atoms in total. The molecule has 0 aromatic carbocycles. The number of aliphatic hydroxyl groups is 1. The van der Waals surface area contributed by atoms with E-state index in [1.54, 1.807) is 0 Å². The van der Waals surface area contributed by atoms with Gasteiger partial charge in [-0.15, -0.1) is 0 Å². The Morgan fingerprint density at radius 3 is 0.696 bits per heavy atom. The molecule has 0 bridgehead atoms. The first-order valence-corrected chi connectivity index (χ1v) is 46.2. The molecule has 3 unspecified atom stereocenters. The van der Waals surface area contributed by atoms with E-state index in [2.05, 4.69) is 34.6 Å². The van der Waals surface area contributed by atoms with E-state index in [1.165, 1.54) is 263 Å². The summed E-state index contributed by atoms with van der Waals surface area (Å²) in [6.07, 6.45) is 68.2. The molecule has 0 amide bonds. The molecule has 0 spiro atoms. The van der Waals surface area contributed by atoms with Gasteiger partial charge < -0.3 is 33.8 Å². The molecule has 3 N–H and O–H groups in total. The van der Waals surface area contributed by atoms with Crippen LogP contribution in [0.4, 0.5) is 0 Å². The Kier molecular flexibility index (Phi) is 74.4. The van der Waals surface area contributed by atoms with Crippen LogP contribution in [-0.4, -0.2) is 96.7 Å². The SMILES string of the molecule is CCCCCCCCCCCCCCCCCCCCCCCC(=O)O[C@H](COC(=O)CCCCCCCCCCCCCCCCCCCCC)COP(=O)(O)OC[C@@H](O)COP(=O)(O)OC[C@@H](COC(=O)CCCCCCCCCC)OC(=O)CCCCCCCCCCCCC(C)CC. The largest absolute Gasteiger partial charge is 0.472 e. The predicted octanol–water partition coefficient (Wildman–Crippen LogP) is 25.2. The van der Waals surface area contributed by atoms with Crippen molar-refractivity contribution in [3.05, 3.63) is 0 Å². The molecule has 19 heteroatoms. The molecule has 0 saturated carbocycles. The van der Waals surface area contributed by atoms with Crippen LogP contribution in [0.3, 0.4) is 0 Å². The quantitative estimate of drug-likeness (QED) is 0.0222. The number of esters is 4. The number of carbonyl (C=O) groups excluding carboxylic acids is 4. The highest BCUT2D eigenvalue weighted by Gasteiger charge is 2.30. The summed E-state index contributed by atoms with van der Waals surface area (Å²) in [4.78, 5) is 73.0. The smallest absolute Gasteiger partial charge is 0.462 e. The first-order chi connectivity index (χ1) is 49.6. The van der Waals surface area contributed by atoms with E-state index >= 15 is 0 Å². The Morgan fingerprint density at radius 2 is 0.471 bits per heavy atom. The summed E-state index contributed by atoms with van der Waals surface area (Å²) in [6.45, 7) is 7.33. The molecule has 6 atom stereocenters. The van der Waals surface area contributed by atoms with Crippen molar-refractivity contribution in [2.75, 3.05) is 39.6 Å². The van der Waals surface area contributed by atoms with Crippen molar-refractivity contribution in [1.29, 1.82) is 0 Å². The van der Waals surface area contributed by atoms with Crippen molar-refractivity contribution < 1.29 is 80.2 Å². The van der Waals surface area contributed by atoms with Gasteiger partial charge in [-0.2, -0.15) is 0 Å². The van der Waals surface area contributed by atoms with Crippen LogP contribution >= 0.6 is 15.6 Å². The second-order valence-corrected chi connectivity index (χ2v) is 33.0. The molecule has 0 radical (unpaired) electrons. The van der Waals surface area contributed by atoms with Crippen LogP contribution in [0.5, 0.6) is 0 Å². The molecule has 0 saturated heterocycles. The van der Waals surface area contributed by atoms with Crippen LogP contribution < -0.4 is 0 Å². The van der Waals surface area contributed by atoms with E-state index in [0.717, 1.165) is 102 Å². The maximum absolute atomic E-state index is 13.1. The number of aliphatic hydroxyl groups excluding tert-OH is 1. The van der Waals surface area contributed by atoms with Gasteiger partial charge in [0, 0.05) is 25.7 Å². The number of rotatable bonds is 83. The van der Waals surface area contributed by atoms with Gasteiger partial charge in [-0.1, -0.05) is 394 Å². The molecule has 0 heterocycles. The monoisotopic (exact) mass is 1490 g/mol. The first kappa shape index (κ1) is 100. The summed E-state index contributed by atoms with van der Waals surface area (Å²) in [5.74, 6) is -1.30. The molecule has 102 heavy (non-hydrogen) atoms. The molecular formula is C83H162O17P2. The van der Waals surface area contributed by atoms with Crippen molar-refractivity contribution in [2.24, 2.45) is 5.92 Å². The number of carbonyl (C=O) groups is 4. The van der Waals surface area contributed by atoms with Crippen molar-refractivity contribution in [3.8, 4) is 0 Å². The number of hydrogen-bond donors (Lipinski definition) is 3. The van der Waals surface area contributed by atoms with Gasteiger partial charge in [-0.3, -0.25) is 37.3 Å². The van der Waals surface area contributed by atoms with E-state index in [1.807, 2.05) is 0 Å². The number of phosphoric acid groups is 2. The maximum atomic E-state index is 13.1. The summed E-state index contributed by atoms with van der Waals surface area (Å²) in [6, 6.07) is 0. The van der Waals surface area contributed by atoms with E-state index in [0.29, 0.717) is 25.7 Å². The van der Waals surface area contributed by atoms with Crippen molar-refractivity contribution in [2.45, 2.75) is 464 Å². The molecule has 0 aliphatic carbocycles. The van der Waals surface area contributed by atoms with Gasteiger partial charge in [-0.25, -0.2) is 9.13 Å². The normalized spacial score (nSPS) is 14.1. The van der Waals surface area contributed by atoms with Crippen LogP contribution in [0.2, 0.25) is 0 Å². The van der Waals surface area contributed by atoms with Crippen LogP contribution in [0.15, 0.2) is 0 Å². The Balaban J connectivity index is 5.19. The molecular weight excluding hydrogens is 1330 g/mol.